The molecule has 0 aromatic heterocycles. The van der Waals surface area contributed by atoms with Gasteiger partial charge in [-0.2, -0.15) is 0 Å². The molecule has 0 aromatic rings. The summed E-state index contributed by atoms with van der Waals surface area (Å²) >= 11 is 0. The SMILES string of the molecule is CCC(O)C=CC1CCC(O)C1CCCCCCCC(=O)O. The molecule has 0 amide bonds. The van der Waals surface area contributed by atoms with Gasteiger partial charge in [-0.1, -0.05) is 44.8 Å². The molecule has 1 aliphatic carbocycles. The average molecular weight is 312 g/mol. The number of aliphatic hydroxyl groups is 2. The van der Waals surface area contributed by atoms with Crippen LogP contribution in [-0.2, 0) is 4.79 Å². The molecule has 3 N–H and O–H groups in total. The minimum Gasteiger partial charge on any atom is -0.481 e. The van der Waals surface area contributed by atoms with Gasteiger partial charge in [0.05, 0.1) is 12.2 Å². The van der Waals surface area contributed by atoms with Crippen LogP contribution in [0.2, 0.25) is 0 Å². The summed E-state index contributed by atoms with van der Waals surface area (Å²) in [4.78, 5) is 10.4. The molecule has 4 heteroatoms. The number of hydrogen-bond donors (Lipinski definition) is 3. The van der Waals surface area contributed by atoms with Crippen molar-refractivity contribution in [1.29, 1.82) is 0 Å². The molecule has 22 heavy (non-hydrogen) atoms. The van der Waals surface area contributed by atoms with E-state index in [0.29, 0.717) is 11.8 Å². The van der Waals surface area contributed by atoms with Gasteiger partial charge in [-0.25, -0.2) is 0 Å². The lowest BCUT2D eigenvalue weighted by Crippen LogP contribution is -2.18. The summed E-state index contributed by atoms with van der Waals surface area (Å²) < 4.78 is 0. The number of rotatable bonds is 11. The Morgan fingerprint density at radius 1 is 1.18 bits per heavy atom. The average Bonchev–Trinajstić information content (AvgIpc) is 2.84. The number of unbranched alkanes of at least 4 members (excludes halogenated alkanes) is 4. The maximum atomic E-state index is 10.4. The van der Waals surface area contributed by atoms with Gasteiger partial charge in [-0.15, -0.1) is 0 Å². The standard InChI is InChI=1S/C18H32O4/c1-2-15(19)12-10-14-11-13-17(20)16(14)8-6-4-3-5-7-9-18(21)22/h10,12,14-17,19-20H,2-9,11,13H2,1H3,(H,21,22). The van der Waals surface area contributed by atoms with Crippen molar-refractivity contribution in [3.63, 3.8) is 0 Å². The number of carbonyl (C=O) groups is 1. The van der Waals surface area contributed by atoms with Crippen LogP contribution < -0.4 is 0 Å². The van der Waals surface area contributed by atoms with Gasteiger partial charge in [0, 0.05) is 6.42 Å². The third-order valence-corrected chi connectivity index (χ3v) is 4.77. The van der Waals surface area contributed by atoms with Crippen molar-refractivity contribution in [2.75, 3.05) is 0 Å². The van der Waals surface area contributed by atoms with E-state index in [1.807, 2.05) is 13.0 Å². The smallest absolute Gasteiger partial charge is 0.303 e. The molecule has 0 spiro atoms. The Morgan fingerprint density at radius 2 is 1.86 bits per heavy atom. The van der Waals surface area contributed by atoms with Gasteiger partial charge in [-0.3, -0.25) is 4.79 Å². The van der Waals surface area contributed by atoms with E-state index in [4.69, 9.17) is 5.11 Å². The number of aliphatic hydroxyl groups excluding tert-OH is 2. The second kappa shape index (κ2) is 10.8. The van der Waals surface area contributed by atoms with Gasteiger partial charge in [0.2, 0.25) is 0 Å². The van der Waals surface area contributed by atoms with E-state index >= 15 is 0 Å². The molecule has 1 aliphatic rings. The van der Waals surface area contributed by atoms with Crippen LogP contribution in [0.3, 0.4) is 0 Å². The van der Waals surface area contributed by atoms with Crippen molar-refractivity contribution in [1.82, 2.24) is 0 Å². The monoisotopic (exact) mass is 312 g/mol. The van der Waals surface area contributed by atoms with Crippen LogP contribution in [0.15, 0.2) is 12.2 Å². The van der Waals surface area contributed by atoms with E-state index in [1.54, 1.807) is 0 Å². The molecular weight excluding hydrogens is 280 g/mol. The molecule has 4 unspecified atom stereocenters. The number of aliphatic carboxylic acids is 1. The first-order valence-corrected chi connectivity index (χ1v) is 8.80. The molecule has 0 heterocycles. The van der Waals surface area contributed by atoms with E-state index in [1.165, 1.54) is 0 Å². The van der Waals surface area contributed by atoms with Crippen LogP contribution in [0.5, 0.6) is 0 Å². The quantitative estimate of drug-likeness (QED) is 0.403. The predicted molar refractivity (Wildman–Crippen MR) is 87.6 cm³/mol. The molecule has 0 bridgehead atoms. The zero-order valence-electron chi connectivity index (χ0n) is 13.8. The Morgan fingerprint density at radius 3 is 2.55 bits per heavy atom. The van der Waals surface area contributed by atoms with Crippen molar-refractivity contribution in [2.45, 2.75) is 83.3 Å². The summed E-state index contributed by atoms with van der Waals surface area (Å²) in [5.74, 6) is 0.000472. The molecule has 4 atom stereocenters. The summed E-state index contributed by atoms with van der Waals surface area (Å²) in [6, 6.07) is 0. The minimum atomic E-state index is -0.710. The van der Waals surface area contributed by atoms with Gasteiger partial charge in [-0.05, 0) is 43.9 Å². The van der Waals surface area contributed by atoms with Gasteiger partial charge in [0.25, 0.3) is 0 Å². The molecule has 1 rings (SSSR count). The van der Waals surface area contributed by atoms with Crippen LogP contribution in [0.25, 0.3) is 0 Å². The highest BCUT2D eigenvalue weighted by Crippen LogP contribution is 2.36. The van der Waals surface area contributed by atoms with Crippen molar-refractivity contribution in [3.8, 4) is 0 Å². The Balaban J connectivity index is 2.21. The normalized spacial score (nSPS) is 26.6. The highest BCUT2D eigenvalue weighted by atomic mass is 16.4. The second-order valence-corrected chi connectivity index (χ2v) is 6.53. The first kappa shape index (κ1) is 19.2. The summed E-state index contributed by atoms with van der Waals surface area (Å²) in [5.41, 5.74) is 0. The van der Waals surface area contributed by atoms with Crippen LogP contribution in [0.1, 0.15) is 71.1 Å². The first-order chi connectivity index (χ1) is 10.5. The fraction of sp³-hybridized carbons (Fsp3) is 0.833. The summed E-state index contributed by atoms with van der Waals surface area (Å²) in [6.07, 6.45) is 12.3. The first-order valence-electron chi connectivity index (χ1n) is 8.80. The van der Waals surface area contributed by atoms with Crippen LogP contribution in [-0.4, -0.2) is 33.5 Å². The zero-order valence-corrected chi connectivity index (χ0v) is 13.8. The second-order valence-electron chi connectivity index (χ2n) is 6.53. The Labute approximate surface area is 134 Å². The highest BCUT2D eigenvalue weighted by molar-refractivity contribution is 5.66. The summed E-state index contributed by atoms with van der Waals surface area (Å²) in [5, 5.41) is 28.3. The van der Waals surface area contributed by atoms with Crippen LogP contribution in [0.4, 0.5) is 0 Å². The maximum absolute atomic E-state index is 10.4. The largest absolute Gasteiger partial charge is 0.481 e. The van der Waals surface area contributed by atoms with Gasteiger partial charge in [0.1, 0.15) is 0 Å². The number of hydrogen-bond acceptors (Lipinski definition) is 3. The molecule has 0 aliphatic heterocycles. The summed E-state index contributed by atoms with van der Waals surface area (Å²) in [7, 11) is 0. The third-order valence-electron chi connectivity index (χ3n) is 4.77. The lowest BCUT2D eigenvalue weighted by Gasteiger charge is -2.20. The predicted octanol–water partition coefficient (Wildman–Crippen LogP) is 3.52. The van der Waals surface area contributed by atoms with Crippen molar-refractivity contribution < 1.29 is 20.1 Å². The van der Waals surface area contributed by atoms with E-state index in [0.717, 1.165) is 57.8 Å². The molecule has 0 saturated heterocycles. The zero-order chi connectivity index (χ0) is 16.4. The molecule has 1 fully saturated rings. The molecule has 0 radical (unpaired) electrons. The van der Waals surface area contributed by atoms with Crippen molar-refractivity contribution >= 4 is 5.97 Å². The third kappa shape index (κ3) is 7.41. The fourth-order valence-electron chi connectivity index (χ4n) is 3.32. The van der Waals surface area contributed by atoms with E-state index in [9.17, 15) is 15.0 Å². The Bertz CT molecular complexity index is 340. The maximum Gasteiger partial charge on any atom is 0.303 e. The lowest BCUT2D eigenvalue weighted by atomic mass is 9.88. The van der Waals surface area contributed by atoms with Crippen LogP contribution in [0, 0.1) is 11.8 Å². The number of carboxylic acid groups (broad SMARTS) is 1. The van der Waals surface area contributed by atoms with E-state index in [-0.39, 0.29) is 18.6 Å². The van der Waals surface area contributed by atoms with Crippen molar-refractivity contribution in [3.05, 3.63) is 12.2 Å². The minimum absolute atomic E-state index is 0.208. The van der Waals surface area contributed by atoms with Gasteiger partial charge >= 0.3 is 5.97 Å². The van der Waals surface area contributed by atoms with E-state index in [2.05, 4.69) is 6.08 Å². The molecule has 4 nitrogen and oxygen atoms in total. The Hall–Kier alpha value is -0.870. The molecule has 1 saturated carbocycles. The fourth-order valence-corrected chi connectivity index (χ4v) is 3.32. The number of allylic oxidation sites excluding steroid dienone is 1. The lowest BCUT2D eigenvalue weighted by molar-refractivity contribution is -0.137. The Kier molecular flexibility index (Phi) is 9.41. The van der Waals surface area contributed by atoms with Crippen LogP contribution >= 0.6 is 0 Å². The molecule has 128 valence electrons. The highest BCUT2D eigenvalue weighted by Gasteiger charge is 2.32. The van der Waals surface area contributed by atoms with Gasteiger partial charge in [0.15, 0.2) is 0 Å². The number of carboxylic acids is 1. The summed E-state index contributed by atoms with van der Waals surface area (Å²) in [6.45, 7) is 1.96. The van der Waals surface area contributed by atoms with Gasteiger partial charge < -0.3 is 15.3 Å². The molecular formula is C18H32O4. The molecule has 0 aromatic carbocycles. The van der Waals surface area contributed by atoms with Crippen molar-refractivity contribution in [2.24, 2.45) is 11.8 Å². The topological polar surface area (TPSA) is 77.8 Å². The van der Waals surface area contributed by atoms with E-state index < -0.39 is 5.97 Å².